The van der Waals surface area contributed by atoms with Crippen LogP contribution >= 0.6 is 0 Å². The zero-order valence-corrected chi connectivity index (χ0v) is 23.6. The fourth-order valence-electron chi connectivity index (χ4n) is 5.77. The van der Waals surface area contributed by atoms with E-state index in [2.05, 4.69) is 6.92 Å². The van der Waals surface area contributed by atoms with Crippen molar-refractivity contribution in [2.24, 2.45) is 0 Å². The van der Waals surface area contributed by atoms with Crippen LogP contribution in [0.4, 0.5) is 0 Å². The third kappa shape index (κ3) is 9.86. The van der Waals surface area contributed by atoms with E-state index >= 15 is 0 Å². The highest BCUT2D eigenvalue weighted by Crippen LogP contribution is 2.36. The first-order chi connectivity index (χ1) is 17.1. The van der Waals surface area contributed by atoms with E-state index in [1.165, 1.54) is 44.9 Å². The number of esters is 1. The van der Waals surface area contributed by atoms with Crippen LogP contribution in [0, 0.1) is 0 Å². The summed E-state index contributed by atoms with van der Waals surface area (Å²) in [4.78, 5) is 11.5. The van der Waals surface area contributed by atoms with Crippen LogP contribution in [0.3, 0.4) is 0 Å². The van der Waals surface area contributed by atoms with Crippen molar-refractivity contribution in [3.63, 3.8) is 0 Å². The lowest BCUT2D eigenvalue weighted by atomic mass is 9.97. The predicted molar refractivity (Wildman–Crippen MR) is 137 cm³/mol. The Hall–Kier alpha value is -0.740. The van der Waals surface area contributed by atoms with Crippen LogP contribution in [0.1, 0.15) is 117 Å². The van der Waals surface area contributed by atoms with E-state index in [9.17, 15) is 13.2 Å². The van der Waals surface area contributed by atoms with Gasteiger partial charge in [-0.05, 0) is 52.4 Å². The summed E-state index contributed by atoms with van der Waals surface area (Å²) < 4.78 is 53.5. The summed E-state index contributed by atoms with van der Waals surface area (Å²) >= 11 is 0. The van der Waals surface area contributed by atoms with E-state index in [1.54, 1.807) is 0 Å². The lowest BCUT2D eigenvalue weighted by Crippen LogP contribution is -2.35. The van der Waals surface area contributed by atoms with Crippen LogP contribution in [0.25, 0.3) is 0 Å². The molecule has 0 saturated carbocycles. The molecule has 8 nitrogen and oxygen atoms in total. The first kappa shape index (κ1) is 29.8. The van der Waals surface area contributed by atoms with Gasteiger partial charge in [0.05, 0.1) is 30.7 Å². The fraction of sp³-hybridized carbons (Fsp3) is 0.963. The number of unbranched alkanes of at least 4 members (excludes halogenated alkanes) is 7. The van der Waals surface area contributed by atoms with E-state index < -0.39 is 22.0 Å². The Kier molecular flexibility index (Phi) is 11.5. The van der Waals surface area contributed by atoms with Gasteiger partial charge in [-0.15, -0.1) is 0 Å². The molecule has 3 heterocycles. The molecule has 0 spiro atoms. The number of hydrogen-bond donors (Lipinski definition) is 0. The summed E-state index contributed by atoms with van der Waals surface area (Å²) in [6.07, 6.45) is 14.2. The van der Waals surface area contributed by atoms with Crippen molar-refractivity contribution < 1.29 is 36.3 Å². The van der Waals surface area contributed by atoms with Crippen molar-refractivity contribution in [2.45, 2.75) is 159 Å². The Morgan fingerprint density at radius 3 is 2.17 bits per heavy atom. The highest BCUT2D eigenvalue weighted by molar-refractivity contribution is 7.86. The van der Waals surface area contributed by atoms with Gasteiger partial charge in [-0.25, -0.2) is 0 Å². The summed E-state index contributed by atoms with van der Waals surface area (Å²) in [6.45, 7) is 6.11. The molecule has 0 unspecified atom stereocenters. The molecule has 0 radical (unpaired) electrons. The number of ether oxygens (including phenoxy) is 4. The Balaban J connectivity index is 1.49. The summed E-state index contributed by atoms with van der Waals surface area (Å²) in [5, 5.41) is 0. The first-order valence-electron chi connectivity index (χ1n) is 14.1. The molecule has 0 amide bonds. The van der Waals surface area contributed by atoms with Gasteiger partial charge in [-0.2, -0.15) is 8.42 Å². The van der Waals surface area contributed by atoms with Crippen molar-refractivity contribution in [1.29, 1.82) is 0 Å². The van der Waals surface area contributed by atoms with E-state index in [0.29, 0.717) is 32.1 Å². The largest absolute Gasteiger partial charge is 0.460 e. The minimum atomic E-state index is -3.65. The average molecular weight is 533 g/mol. The highest BCUT2D eigenvalue weighted by Gasteiger charge is 2.44. The Morgan fingerprint density at radius 1 is 0.917 bits per heavy atom. The zero-order valence-electron chi connectivity index (χ0n) is 22.7. The smallest absolute Gasteiger partial charge is 0.306 e. The number of carbonyl (C=O) groups excluding carboxylic acids is 1. The number of hydrogen-bond acceptors (Lipinski definition) is 8. The predicted octanol–water partition coefficient (Wildman–Crippen LogP) is 5.42. The van der Waals surface area contributed by atoms with E-state index in [4.69, 9.17) is 23.1 Å². The number of carbonyl (C=O) groups is 1. The zero-order chi connectivity index (χ0) is 26.2. The second-order valence-electron chi connectivity index (χ2n) is 11.2. The van der Waals surface area contributed by atoms with E-state index in [-0.39, 0.29) is 36.5 Å². The van der Waals surface area contributed by atoms with Gasteiger partial charge in [0, 0.05) is 6.42 Å². The van der Waals surface area contributed by atoms with Gasteiger partial charge in [0.15, 0.2) is 5.79 Å². The van der Waals surface area contributed by atoms with Gasteiger partial charge < -0.3 is 18.9 Å². The molecule has 0 aliphatic carbocycles. The first-order valence-corrected chi connectivity index (χ1v) is 16.0. The quantitative estimate of drug-likeness (QED) is 0.148. The topological polar surface area (TPSA) is 97.4 Å². The second-order valence-corrected chi connectivity index (χ2v) is 12.9. The molecular weight excluding hydrogens is 484 g/mol. The average Bonchev–Trinajstić information content (AvgIpc) is 3.51. The SMILES string of the molecule is CCCCCCCCCC[C@H]1OC(C)(C)O[C@@H]1CC[C@@H](OS(C)(=O)=O)[C@@H]1CC[C@@H]([C@H]2CCC(=O)O2)O1. The number of rotatable bonds is 16. The molecule has 3 fully saturated rings. The summed E-state index contributed by atoms with van der Waals surface area (Å²) in [6, 6.07) is 0. The van der Waals surface area contributed by atoms with Crippen molar-refractivity contribution in [3.05, 3.63) is 0 Å². The van der Waals surface area contributed by atoms with Crippen molar-refractivity contribution in [2.75, 3.05) is 6.26 Å². The molecule has 9 heteroatoms. The Morgan fingerprint density at radius 2 is 1.56 bits per heavy atom. The maximum atomic E-state index is 12.0. The molecule has 6 atom stereocenters. The summed E-state index contributed by atoms with van der Waals surface area (Å²) in [5.41, 5.74) is 0. The highest BCUT2D eigenvalue weighted by atomic mass is 32.2. The Labute approximate surface area is 218 Å². The molecule has 0 aromatic rings. The molecule has 3 aliphatic heterocycles. The van der Waals surface area contributed by atoms with Crippen LogP contribution in [0.2, 0.25) is 0 Å². The Bertz CT molecular complexity index is 783. The maximum absolute atomic E-state index is 12.0. The van der Waals surface area contributed by atoms with Crippen molar-refractivity contribution >= 4 is 16.1 Å². The van der Waals surface area contributed by atoms with Crippen LogP contribution in [-0.2, 0) is 38.0 Å². The minimum Gasteiger partial charge on any atom is -0.460 e. The molecule has 0 aromatic heterocycles. The van der Waals surface area contributed by atoms with Crippen molar-refractivity contribution in [1.82, 2.24) is 0 Å². The number of cyclic esters (lactones) is 1. The molecule has 0 N–H and O–H groups in total. The normalized spacial score (nSPS) is 31.1. The monoisotopic (exact) mass is 532 g/mol. The molecule has 3 saturated heterocycles. The van der Waals surface area contributed by atoms with Gasteiger partial charge in [-0.1, -0.05) is 58.3 Å². The van der Waals surface area contributed by atoms with Crippen molar-refractivity contribution in [3.8, 4) is 0 Å². The van der Waals surface area contributed by atoms with Gasteiger partial charge in [0.2, 0.25) is 0 Å². The summed E-state index contributed by atoms with van der Waals surface area (Å²) in [7, 11) is -3.65. The molecule has 0 bridgehead atoms. The molecular formula is C27H48O8S. The van der Waals surface area contributed by atoms with Gasteiger partial charge in [0.25, 0.3) is 10.1 Å². The second kappa shape index (κ2) is 13.9. The van der Waals surface area contributed by atoms with Crippen LogP contribution in [-0.4, -0.2) is 63.1 Å². The van der Waals surface area contributed by atoms with Crippen LogP contribution < -0.4 is 0 Å². The van der Waals surface area contributed by atoms with Gasteiger partial charge in [-0.3, -0.25) is 8.98 Å². The van der Waals surface area contributed by atoms with Gasteiger partial charge >= 0.3 is 5.97 Å². The molecule has 3 aliphatic rings. The van der Waals surface area contributed by atoms with E-state index in [0.717, 1.165) is 25.5 Å². The molecule has 210 valence electrons. The maximum Gasteiger partial charge on any atom is 0.306 e. The summed E-state index contributed by atoms with van der Waals surface area (Å²) in [5.74, 6) is -0.844. The van der Waals surface area contributed by atoms with Crippen LogP contribution in [0.15, 0.2) is 0 Å². The third-order valence-corrected chi connectivity index (χ3v) is 8.09. The lowest BCUT2D eigenvalue weighted by molar-refractivity contribution is -0.150. The molecule has 0 aromatic carbocycles. The molecule has 3 rings (SSSR count). The molecule has 36 heavy (non-hydrogen) atoms. The van der Waals surface area contributed by atoms with Crippen LogP contribution in [0.5, 0.6) is 0 Å². The van der Waals surface area contributed by atoms with E-state index in [1.807, 2.05) is 13.8 Å². The standard InChI is InChI=1S/C27H48O8S/c1-5-6-7-8-9-10-11-12-13-23-24(34-27(2,3)33-23)16-17-25(35-36(4,29)30)22-15-14-20(31-22)21-18-19-26(28)32-21/h20-25H,5-19H2,1-4H3/t20-,21+,22-,23+,24+,25+/m0/s1. The minimum absolute atomic E-state index is 0.00544. The lowest BCUT2D eigenvalue weighted by Gasteiger charge is -2.26. The van der Waals surface area contributed by atoms with Gasteiger partial charge in [0.1, 0.15) is 12.2 Å². The third-order valence-electron chi connectivity index (χ3n) is 7.49. The fourth-order valence-corrected chi connectivity index (χ4v) is 6.44.